The van der Waals surface area contributed by atoms with Gasteiger partial charge in [-0.2, -0.15) is 0 Å². The van der Waals surface area contributed by atoms with Crippen molar-refractivity contribution in [3.63, 3.8) is 0 Å². The van der Waals surface area contributed by atoms with E-state index >= 15 is 0 Å². The minimum absolute atomic E-state index is 0.178. The molecule has 3 rings (SSSR count). The van der Waals surface area contributed by atoms with Crippen molar-refractivity contribution in [3.8, 4) is 0 Å². The highest BCUT2D eigenvalue weighted by Gasteiger charge is 2.52. The molecule has 1 aromatic rings. The molecule has 0 spiro atoms. The third-order valence-corrected chi connectivity index (χ3v) is 5.96. The van der Waals surface area contributed by atoms with Crippen LogP contribution in [0.5, 0.6) is 0 Å². The average molecular weight is 278 g/mol. The molecule has 4 heteroatoms. The number of hydrogen-bond acceptors (Lipinski definition) is 3. The van der Waals surface area contributed by atoms with Gasteiger partial charge < -0.3 is 9.31 Å². The lowest BCUT2D eigenvalue weighted by Crippen LogP contribution is -2.41. The number of rotatable bonds is 1. The molecule has 1 fully saturated rings. The van der Waals surface area contributed by atoms with Crippen LogP contribution in [0.15, 0.2) is 5.38 Å². The fourth-order valence-corrected chi connectivity index (χ4v) is 4.01. The number of aryl methyl sites for hydroxylation is 1. The summed E-state index contributed by atoms with van der Waals surface area (Å²) in [4.78, 5) is 1.56. The van der Waals surface area contributed by atoms with Gasteiger partial charge in [0, 0.05) is 4.88 Å². The monoisotopic (exact) mass is 278 g/mol. The van der Waals surface area contributed by atoms with E-state index in [4.69, 9.17) is 9.31 Å². The van der Waals surface area contributed by atoms with Crippen molar-refractivity contribution in [2.24, 2.45) is 0 Å². The molecule has 1 aromatic heterocycles. The van der Waals surface area contributed by atoms with E-state index in [1.54, 1.807) is 4.88 Å². The molecular weight excluding hydrogens is 255 g/mol. The Hall–Kier alpha value is -0.315. The summed E-state index contributed by atoms with van der Waals surface area (Å²) in [6.07, 6.45) is 6.41. The molecule has 1 aliphatic carbocycles. The first-order valence-electron chi connectivity index (χ1n) is 7.35. The van der Waals surface area contributed by atoms with Gasteiger partial charge in [0.05, 0.1) is 11.2 Å². The second-order valence-corrected chi connectivity index (χ2v) is 7.71. The van der Waals surface area contributed by atoms with Gasteiger partial charge in [-0.3, -0.25) is 0 Å². The summed E-state index contributed by atoms with van der Waals surface area (Å²) < 4.78 is 12.4. The lowest BCUT2D eigenvalue weighted by molar-refractivity contribution is 0.00578. The fourth-order valence-electron chi connectivity index (χ4n) is 2.86. The van der Waals surface area contributed by atoms with Crippen LogP contribution in [0.1, 0.15) is 57.4 Å². The molecule has 0 bridgehead atoms. The van der Waals surface area contributed by atoms with E-state index in [1.807, 2.05) is 11.3 Å². The molecule has 0 N–H and O–H groups in total. The first-order chi connectivity index (χ1) is 8.91. The molecule has 2 heterocycles. The molecule has 1 aliphatic heterocycles. The van der Waals surface area contributed by atoms with Crippen molar-refractivity contribution >= 4 is 23.9 Å². The maximum atomic E-state index is 6.20. The zero-order valence-corrected chi connectivity index (χ0v) is 13.2. The Morgan fingerprint density at radius 2 is 1.63 bits per heavy atom. The zero-order valence-electron chi connectivity index (χ0n) is 12.4. The van der Waals surface area contributed by atoms with Gasteiger partial charge in [0.2, 0.25) is 0 Å². The van der Waals surface area contributed by atoms with Crippen LogP contribution in [0, 0.1) is 0 Å². The topological polar surface area (TPSA) is 18.5 Å². The number of fused-ring (bicyclic) bond motifs is 1. The lowest BCUT2D eigenvalue weighted by Gasteiger charge is -2.32. The van der Waals surface area contributed by atoms with Crippen molar-refractivity contribution in [1.29, 1.82) is 0 Å². The molecule has 104 valence electrons. The van der Waals surface area contributed by atoms with Gasteiger partial charge in [0.15, 0.2) is 0 Å². The second-order valence-electron chi connectivity index (χ2n) is 6.74. The average Bonchev–Trinajstić information content (AvgIpc) is 2.68. The Bertz CT molecular complexity index is 462. The predicted octanol–water partition coefficient (Wildman–Crippen LogP) is 3.32. The summed E-state index contributed by atoms with van der Waals surface area (Å²) in [6, 6.07) is 0. The van der Waals surface area contributed by atoms with Gasteiger partial charge in [-0.25, -0.2) is 0 Å². The van der Waals surface area contributed by atoms with Crippen LogP contribution >= 0.6 is 11.3 Å². The fraction of sp³-hybridized carbons (Fsp3) is 0.733. The van der Waals surface area contributed by atoms with Crippen molar-refractivity contribution in [1.82, 2.24) is 0 Å². The zero-order chi connectivity index (χ0) is 13.7. The smallest absolute Gasteiger partial charge is 0.399 e. The minimum atomic E-state index is -0.239. The van der Waals surface area contributed by atoms with Gasteiger partial charge in [0.25, 0.3) is 0 Å². The van der Waals surface area contributed by atoms with Gasteiger partial charge in [-0.05, 0) is 69.8 Å². The highest BCUT2D eigenvalue weighted by Crippen LogP contribution is 2.37. The highest BCUT2D eigenvalue weighted by molar-refractivity contribution is 7.11. The van der Waals surface area contributed by atoms with Crippen molar-refractivity contribution in [2.45, 2.75) is 71.0 Å². The van der Waals surface area contributed by atoms with E-state index in [0.717, 1.165) is 0 Å². The van der Waals surface area contributed by atoms with E-state index < -0.39 is 0 Å². The quantitative estimate of drug-likeness (QED) is 0.579. The Labute approximate surface area is 120 Å². The van der Waals surface area contributed by atoms with E-state index in [2.05, 4.69) is 33.1 Å². The minimum Gasteiger partial charge on any atom is -0.399 e. The summed E-state index contributed by atoms with van der Waals surface area (Å²) in [5.41, 5.74) is 2.33. The third kappa shape index (κ3) is 2.28. The molecule has 0 radical (unpaired) electrons. The van der Waals surface area contributed by atoms with Crippen molar-refractivity contribution in [2.75, 3.05) is 0 Å². The van der Waals surface area contributed by atoms with E-state index in [-0.39, 0.29) is 18.3 Å². The van der Waals surface area contributed by atoms with Gasteiger partial charge >= 0.3 is 7.12 Å². The van der Waals surface area contributed by atoms with Crippen LogP contribution in [0.25, 0.3) is 0 Å². The van der Waals surface area contributed by atoms with Crippen LogP contribution in [-0.2, 0) is 22.2 Å². The summed E-state index contributed by atoms with van der Waals surface area (Å²) in [5.74, 6) is 0. The summed E-state index contributed by atoms with van der Waals surface area (Å²) >= 11 is 1.89. The second kappa shape index (κ2) is 4.61. The molecule has 0 unspecified atom stereocenters. The molecular formula is C15H23BO2S. The maximum Gasteiger partial charge on any atom is 0.495 e. The molecule has 0 atom stereocenters. The molecule has 19 heavy (non-hydrogen) atoms. The summed E-state index contributed by atoms with van der Waals surface area (Å²) in [7, 11) is -0.178. The molecule has 2 aliphatic rings. The molecule has 1 saturated heterocycles. The normalized spacial score (nSPS) is 25.2. The Morgan fingerprint density at radius 3 is 2.32 bits per heavy atom. The first kappa shape index (κ1) is 13.7. The highest BCUT2D eigenvalue weighted by atomic mass is 32.1. The maximum absolute atomic E-state index is 6.20. The number of thiophene rings is 1. The molecule has 0 aromatic carbocycles. The first-order valence-corrected chi connectivity index (χ1v) is 8.23. The Kier molecular flexibility index (Phi) is 3.31. The largest absolute Gasteiger partial charge is 0.495 e. The van der Waals surface area contributed by atoms with Crippen molar-refractivity contribution in [3.05, 3.63) is 15.8 Å². The summed E-state index contributed by atoms with van der Waals surface area (Å²) in [5, 5.41) is 2.26. The molecule has 0 saturated carbocycles. The summed E-state index contributed by atoms with van der Waals surface area (Å²) in [6.45, 7) is 8.49. The predicted molar refractivity (Wildman–Crippen MR) is 81.3 cm³/mol. The third-order valence-electron chi connectivity index (χ3n) is 4.85. The lowest BCUT2D eigenvalue weighted by atomic mass is 9.77. The van der Waals surface area contributed by atoms with Crippen LogP contribution in [-0.4, -0.2) is 18.3 Å². The van der Waals surface area contributed by atoms with Gasteiger partial charge in [-0.1, -0.05) is 6.42 Å². The van der Waals surface area contributed by atoms with Crippen LogP contribution in [0.4, 0.5) is 0 Å². The van der Waals surface area contributed by atoms with Crippen LogP contribution < -0.4 is 5.46 Å². The molecule has 2 nitrogen and oxygen atoms in total. The van der Waals surface area contributed by atoms with Crippen LogP contribution in [0.3, 0.4) is 0 Å². The van der Waals surface area contributed by atoms with Crippen LogP contribution in [0.2, 0.25) is 0 Å². The Morgan fingerprint density at radius 1 is 1.00 bits per heavy atom. The van der Waals surface area contributed by atoms with Gasteiger partial charge in [-0.15, -0.1) is 11.3 Å². The van der Waals surface area contributed by atoms with Gasteiger partial charge in [0.1, 0.15) is 0 Å². The number of hydrogen-bond donors (Lipinski definition) is 0. The van der Waals surface area contributed by atoms with E-state index in [1.165, 1.54) is 43.1 Å². The Balaban J connectivity index is 1.90. The standard InChI is InChI=1S/C15H23BO2S/c1-14(2)15(3,4)18-16(17-14)12-10-19-13-9-7-5-6-8-11(12)13/h10H,5-9H2,1-4H3. The SMILES string of the molecule is CC1(C)OB(c2csc3c2CCCCC3)OC1(C)C. The van der Waals surface area contributed by atoms with E-state index in [0.29, 0.717) is 0 Å². The van der Waals surface area contributed by atoms with Crippen molar-refractivity contribution < 1.29 is 9.31 Å². The van der Waals surface area contributed by atoms with E-state index in [9.17, 15) is 0 Å². The molecule has 0 amide bonds.